The number of amides is 3. The van der Waals surface area contributed by atoms with Gasteiger partial charge >= 0.3 is 0 Å². The van der Waals surface area contributed by atoms with Crippen molar-refractivity contribution in [3.8, 4) is 5.88 Å². The number of benzene rings is 1. The molecule has 0 bridgehead atoms. The van der Waals surface area contributed by atoms with Crippen molar-refractivity contribution in [2.24, 2.45) is 0 Å². The van der Waals surface area contributed by atoms with Crippen LogP contribution in [0.15, 0.2) is 42.6 Å². The Bertz CT molecular complexity index is 835. The number of pyridine rings is 1. The van der Waals surface area contributed by atoms with Crippen LogP contribution in [0.3, 0.4) is 0 Å². The van der Waals surface area contributed by atoms with Crippen LogP contribution in [0.2, 0.25) is 0 Å². The van der Waals surface area contributed by atoms with Gasteiger partial charge in [0.15, 0.2) is 0 Å². The maximum Gasteiger partial charge on any atom is 0.255 e. The van der Waals surface area contributed by atoms with Crippen LogP contribution in [0.1, 0.15) is 30.1 Å². The van der Waals surface area contributed by atoms with Crippen molar-refractivity contribution in [3.63, 3.8) is 0 Å². The second-order valence-corrected chi connectivity index (χ2v) is 5.55. The van der Waals surface area contributed by atoms with Crippen molar-refractivity contribution in [1.29, 1.82) is 0 Å². The minimum Gasteiger partial charge on any atom is -0.476 e. The average Bonchev–Trinajstić information content (AvgIpc) is 2.65. The molecule has 1 aromatic heterocycles. The summed E-state index contributed by atoms with van der Waals surface area (Å²) in [5.74, 6) is -0.397. The predicted octanol–water partition coefficient (Wildman–Crippen LogP) is 1.89. The first-order valence-corrected chi connectivity index (χ1v) is 8.20. The van der Waals surface area contributed by atoms with Crippen molar-refractivity contribution < 1.29 is 19.1 Å². The zero-order valence-electron chi connectivity index (χ0n) is 14.2. The SMILES string of the molecule is CCOc1ncccc1NC(=O)c1ccc(N2NC(=O)CCC2=O)cc1. The average molecular weight is 354 g/mol. The molecule has 1 aromatic carbocycles. The third-order valence-corrected chi connectivity index (χ3v) is 3.74. The van der Waals surface area contributed by atoms with Crippen LogP contribution in [-0.4, -0.2) is 29.3 Å². The molecule has 0 unspecified atom stereocenters. The van der Waals surface area contributed by atoms with Gasteiger partial charge in [0.2, 0.25) is 17.7 Å². The van der Waals surface area contributed by atoms with Crippen LogP contribution in [-0.2, 0) is 9.59 Å². The Morgan fingerprint density at radius 1 is 1.23 bits per heavy atom. The highest BCUT2D eigenvalue weighted by Crippen LogP contribution is 2.22. The van der Waals surface area contributed by atoms with Gasteiger partial charge in [-0.15, -0.1) is 0 Å². The van der Waals surface area contributed by atoms with Crippen LogP contribution in [0.25, 0.3) is 0 Å². The van der Waals surface area contributed by atoms with Gasteiger partial charge in [-0.05, 0) is 43.3 Å². The number of carbonyl (C=O) groups excluding carboxylic acids is 3. The number of aromatic nitrogens is 1. The smallest absolute Gasteiger partial charge is 0.255 e. The second-order valence-electron chi connectivity index (χ2n) is 5.55. The largest absolute Gasteiger partial charge is 0.476 e. The topological polar surface area (TPSA) is 101 Å². The van der Waals surface area contributed by atoms with Gasteiger partial charge < -0.3 is 10.1 Å². The van der Waals surface area contributed by atoms with Crippen LogP contribution in [0.4, 0.5) is 11.4 Å². The molecule has 0 spiro atoms. The molecule has 134 valence electrons. The molecule has 1 fully saturated rings. The molecule has 1 aliphatic rings. The molecule has 26 heavy (non-hydrogen) atoms. The molecule has 2 aromatic rings. The van der Waals surface area contributed by atoms with Gasteiger partial charge in [0.1, 0.15) is 5.69 Å². The standard InChI is InChI=1S/C18H18N4O4/c1-2-26-18-14(4-3-11-19-18)20-17(25)12-5-7-13(8-6-12)22-16(24)10-9-15(23)21-22/h3-8,11H,2,9-10H2,1H3,(H,20,25)(H,21,23). The lowest BCUT2D eigenvalue weighted by atomic mass is 10.1. The van der Waals surface area contributed by atoms with E-state index in [2.05, 4.69) is 15.7 Å². The monoisotopic (exact) mass is 354 g/mol. The minimum absolute atomic E-state index is 0.162. The summed E-state index contributed by atoms with van der Waals surface area (Å²) in [6.45, 7) is 2.27. The Kier molecular flexibility index (Phi) is 5.12. The fourth-order valence-electron chi connectivity index (χ4n) is 2.48. The molecule has 8 heteroatoms. The molecule has 1 saturated heterocycles. The van der Waals surface area contributed by atoms with E-state index in [-0.39, 0.29) is 30.6 Å². The van der Waals surface area contributed by atoms with E-state index in [0.29, 0.717) is 29.4 Å². The quantitative estimate of drug-likeness (QED) is 0.854. The van der Waals surface area contributed by atoms with Crippen molar-refractivity contribution in [1.82, 2.24) is 10.4 Å². The molecular formula is C18H18N4O4. The van der Waals surface area contributed by atoms with Gasteiger partial charge in [-0.25, -0.2) is 9.99 Å². The summed E-state index contributed by atoms with van der Waals surface area (Å²) in [7, 11) is 0. The fraction of sp³-hybridized carbons (Fsp3) is 0.222. The first-order chi connectivity index (χ1) is 12.6. The fourth-order valence-corrected chi connectivity index (χ4v) is 2.48. The molecule has 8 nitrogen and oxygen atoms in total. The summed E-state index contributed by atoms with van der Waals surface area (Å²) < 4.78 is 5.38. The molecule has 3 rings (SSSR count). The van der Waals surface area contributed by atoms with Crippen LogP contribution in [0.5, 0.6) is 5.88 Å². The highest BCUT2D eigenvalue weighted by molar-refractivity contribution is 6.06. The zero-order valence-corrected chi connectivity index (χ0v) is 14.2. The molecule has 0 radical (unpaired) electrons. The number of carbonyl (C=O) groups is 3. The van der Waals surface area contributed by atoms with E-state index < -0.39 is 0 Å². The summed E-state index contributed by atoms with van der Waals surface area (Å²) >= 11 is 0. The number of hydrogen-bond donors (Lipinski definition) is 2. The van der Waals surface area contributed by atoms with Crippen molar-refractivity contribution >= 4 is 29.1 Å². The summed E-state index contributed by atoms with van der Waals surface area (Å²) in [5.41, 5.74) is 3.88. The third-order valence-electron chi connectivity index (χ3n) is 3.74. The summed E-state index contributed by atoms with van der Waals surface area (Å²) in [6.07, 6.45) is 1.93. The van der Waals surface area contributed by atoms with E-state index in [0.717, 1.165) is 0 Å². The predicted molar refractivity (Wildman–Crippen MR) is 94.7 cm³/mol. The van der Waals surface area contributed by atoms with E-state index in [1.54, 1.807) is 42.6 Å². The Hall–Kier alpha value is -3.42. The maximum absolute atomic E-state index is 12.4. The highest BCUT2D eigenvalue weighted by Gasteiger charge is 2.24. The minimum atomic E-state index is -0.334. The zero-order chi connectivity index (χ0) is 18.5. The van der Waals surface area contributed by atoms with E-state index >= 15 is 0 Å². The summed E-state index contributed by atoms with van der Waals surface area (Å²) in [6, 6.07) is 9.76. The lowest BCUT2D eigenvalue weighted by Crippen LogP contribution is -2.50. The van der Waals surface area contributed by atoms with E-state index in [1.807, 2.05) is 6.92 Å². The van der Waals surface area contributed by atoms with Crippen LogP contribution < -0.4 is 20.5 Å². The molecule has 2 heterocycles. The lowest BCUT2D eigenvalue weighted by Gasteiger charge is -2.27. The van der Waals surface area contributed by atoms with Crippen LogP contribution in [0, 0.1) is 0 Å². The van der Waals surface area contributed by atoms with Gasteiger partial charge in [0, 0.05) is 24.6 Å². The van der Waals surface area contributed by atoms with Gasteiger partial charge in [-0.2, -0.15) is 0 Å². The number of rotatable bonds is 5. The first kappa shape index (κ1) is 17.4. The normalized spacial score (nSPS) is 14.0. The Morgan fingerprint density at radius 2 is 2.00 bits per heavy atom. The third kappa shape index (κ3) is 3.80. The number of hydrazine groups is 1. The number of anilines is 2. The van der Waals surface area contributed by atoms with E-state index in [4.69, 9.17) is 4.74 Å². The van der Waals surface area contributed by atoms with E-state index in [1.165, 1.54) is 5.01 Å². The molecule has 0 atom stereocenters. The van der Waals surface area contributed by atoms with Gasteiger partial charge in [0.25, 0.3) is 5.91 Å². The van der Waals surface area contributed by atoms with Gasteiger partial charge in [0.05, 0.1) is 12.3 Å². The lowest BCUT2D eigenvalue weighted by molar-refractivity contribution is -0.130. The van der Waals surface area contributed by atoms with Gasteiger partial charge in [-0.1, -0.05) is 0 Å². The van der Waals surface area contributed by atoms with Crippen molar-refractivity contribution in [2.45, 2.75) is 19.8 Å². The number of hydrogen-bond acceptors (Lipinski definition) is 5. The highest BCUT2D eigenvalue weighted by atomic mass is 16.5. The van der Waals surface area contributed by atoms with E-state index in [9.17, 15) is 14.4 Å². The van der Waals surface area contributed by atoms with Crippen LogP contribution >= 0.6 is 0 Å². The van der Waals surface area contributed by atoms with Crippen molar-refractivity contribution in [2.75, 3.05) is 16.9 Å². The molecule has 0 aliphatic carbocycles. The Labute approximate surface area is 150 Å². The first-order valence-electron chi connectivity index (χ1n) is 8.20. The molecular weight excluding hydrogens is 336 g/mol. The Balaban J connectivity index is 1.73. The van der Waals surface area contributed by atoms with Crippen molar-refractivity contribution in [3.05, 3.63) is 48.2 Å². The molecule has 3 amide bonds. The Morgan fingerprint density at radius 3 is 2.73 bits per heavy atom. The second kappa shape index (κ2) is 7.64. The number of ether oxygens (including phenoxy) is 1. The molecule has 2 N–H and O–H groups in total. The van der Waals surface area contributed by atoms with Gasteiger partial charge in [-0.3, -0.25) is 19.8 Å². The molecule has 0 saturated carbocycles. The number of nitrogens with one attached hydrogen (secondary N) is 2. The maximum atomic E-state index is 12.4. The summed E-state index contributed by atoms with van der Waals surface area (Å²) in [4.78, 5) is 39.9. The molecule has 1 aliphatic heterocycles. The number of nitrogens with zero attached hydrogens (tertiary/aromatic N) is 2. The summed E-state index contributed by atoms with van der Waals surface area (Å²) in [5, 5.41) is 3.95.